The van der Waals surface area contributed by atoms with E-state index in [1.54, 1.807) is 0 Å². The molecule has 0 aromatic rings. The Hall–Kier alpha value is -0.0800. The molecule has 0 aliphatic heterocycles. The molecule has 86 valence electrons. The molecule has 0 aromatic carbocycles. The zero-order valence-electron chi connectivity index (χ0n) is 10.2. The van der Waals surface area contributed by atoms with Gasteiger partial charge in [-0.25, -0.2) is 0 Å². The average molecular weight is 200 g/mol. The normalized spacial score (nSPS) is 14.4. The van der Waals surface area contributed by atoms with Crippen LogP contribution in [0.15, 0.2) is 0 Å². The van der Waals surface area contributed by atoms with Crippen molar-refractivity contribution in [3.63, 3.8) is 0 Å². The van der Waals surface area contributed by atoms with E-state index in [4.69, 9.17) is 11.5 Å². The largest absolute Gasteiger partial charge is 0.314 e. The highest BCUT2D eigenvalue weighted by Crippen LogP contribution is 2.17. The Kier molecular flexibility index (Phi) is 7.20. The molecule has 0 bridgehead atoms. The average Bonchev–Trinajstić information content (AvgIpc) is 2.08. The highest BCUT2D eigenvalue weighted by Gasteiger charge is 2.12. The molecule has 0 fully saturated rings. The Bertz CT molecular complexity index is 127. The van der Waals surface area contributed by atoms with Gasteiger partial charge < -0.3 is 11.5 Å². The lowest BCUT2D eigenvalue weighted by molar-refractivity contribution is 0.365. The minimum Gasteiger partial charge on any atom is -0.314 e. The van der Waals surface area contributed by atoms with Gasteiger partial charge >= 0.3 is 0 Å². The summed E-state index contributed by atoms with van der Waals surface area (Å²) in [5.41, 5.74) is 11.0. The van der Waals surface area contributed by atoms with Crippen LogP contribution in [0.3, 0.4) is 0 Å². The molecule has 0 saturated heterocycles. The van der Waals surface area contributed by atoms with Crippen LogP contribution in [0.5, 0.6) is 0 Å². The van der Waals surface area contributed by atoms with E-state index in [1.807, 2.05) is 6.92 Å². The molecular formula is C12H28N2. The van der Waals surface area contributed by atoms with Crippen LogP contribution in [0, 0.1) is 5.92 Å². The van der Waals surface area contributed by atoms with Crippen molar-refractivity contribution in [1.82, 2.24) is 0 Å². The van der Waals surface area contributed by atoms with Gasteiger partial charge in [-0.1, -0.05) is 46.0 Å². The SMILES string of the molecule is CCCCCCC(C)CCC(C)(N)N. The van der Waals surface area contributed by atoms with Gasteiger partial charge in [0.05, 0.1) is 5.66 Å². The summed E-state index contributed by atoms with van der Waals surface area (Å²) in [7, 11) is 0. The first-order chi connectivity index (χ1) is 6.45. The fourth-order valence-corrected chi connectivity index (χ4v) is 1.62. The molecule has 0 aliphatic carbocycles. The smallest absolute Gasteiger partial charge is 0.0607 e. The highest BCUT2D eigenvalue weighted by molar-refractivity contribution is 4.70. The van der Waals surface area contributed by atoms with Crippen LogP contribution in [0.4, 0.5) is 0 Å². The molecule has 0 rings (SSSR count). The van der Waals surface area contributed by atoms with Gasteiger partial charge in [-0.3, -0.25) is 0 Å². The summed E-state index contributed by atoms with van der Waals surface area (Å²) in [5, 5.41) is 0. The first-order valence-corrected chi connectivity index (χ1v) is 6.03. The molecule has 4 N–H and O–H groups in total. The Morgan fingerprint density at radius 2 is 1.71 bits per heavy atom. The van der Waals surface area contributed by atoms with Crippen LogP contribution in [0.1, 0.15) is 65.7 Å². The molecule has 1 atom stereocenters. The number of rotatable bonds is 8. The number of unbranched alkanes of at least 4 members (excludes halogenated alkanes) is 3. The minimum atomic E-state index is -0.475. The van der Waals surface area contributed by atoms with Gasteiger partial charge in [0.2, 0.25) is 0 Å². The van der Waals surface area contributed by atoms with E-state index in [1.165, 1.54) is 32.1 Å². The lowest BCUT2D eigenvalue weighted by Gasteiger charge is -2.20. The van der Waals surface area contributed by atoms with E-state index in [2.05, 4.69) is 13.8 Å². The Morgan fingerprint density at radius 1 is 1.07 bits per heavy atom. The summed E-state index contributed by atoms with van der Waals surface area (Å²) in [5.74, 6) is 0.776. The first kappa shape index (κ1) is 13.9. The molecule has 0 amide bonds. The lowest BCUT2D eigenvalue weighted by Crippen LogP contribution is -2.46. The quantitative estimate of drug-likeness (QED) is 0.467. The molecule has 0 aliphatic rings. The van der Waals surface area contributed by atoms with Crippen LogP contribution in [0.2, 0.25) is 0 Å². The van der Waals surface area contributed by atoms with Gasteiger partial charge in [0.25, 0.3) is 0 Å². The topological polar surface area (TPSA) is 52.0 Å². The van der Waals surface area contributed by atoms with Crippen LogP contribution < -0.4 is 11.5 Å². The van der Waals surface area contributed by atoms with Crippen LogP contribution >= 0.6 is 0 Å². The first-order valence-electron chi connectivity index (χ1n) is 6.03. The number of nitrogens with two attached hydrogens (primary N) is 2. The van der Waals surface area contributed by atoms with Crippen LogP contribution in [0.25, 0.3) is 0 Å². The standard InChI is InChI=1S/C12H28N2/c1-4-5-6-7-8-11(2)9-10-12(3,13)14/h11H,4-10,13-14H2,1-3H3. The van der Waals surface area contributed by atoms with Gasteiger partial charge in [0.15, 0.2) is 0 Å². The van der Waals surface area contributed by atoms with Crippen molar-refractivity contribution < 1.29 is 0 Å². The van der Waals surface area contributed by atoms with E-state index >= 15 is 0 Å². The van der Waals surface area contributed by atoms with Gasteiger partial charge in [0, 0.05) is 0 Å². The second-order valence-electron chi connectivity index (χ2n) is 5.00. The monoisotopic (exact) mass is 200 g/mol. The van der Waals surface area contributed by atoms with Gasteiger partial charge in [-0.2, -0.15) is 0 Å². The van der Waals surface area contributed by atoms with Crippen molar-refractivity contribution in [2.24, 2.45) is 17.4 Å². The molecule has 0 heterocycles. The predicted molar refractivity (Wildman–Crippen MR) is 63.9 cm³/mol. The third-order valence-electron chi connectivity index (χ3n) is 2.73. The number of hydrogen-bond donors (Lipinski definition) is 2. The Morgan fingerprint density at radius 3 is 2.21 bits per heavy atom. The predicted octanol–water partition coefficient (Wildman–Crippen LogP) is 3.01. The summed E-state index contributed by atoms with van der Waals surface area (Å²) in [6, 6.07) is 0. The molecule has 2 nitrogen and oxygen atoms in total. The Balaban J connectivity index is 3.32. The summed E-state index contributed by atoms with van der Waals surface area (Å²) >= 11 is 0. The number of hydrogen-bond acceptors (Lipinski definition) is 2. The van der Waals surface area contributed by atoms with E-state index < -0.39 is 5.66 Å². The van der Waals surface area contributed by atoms with E-state index in [0.29, 0.717) is 0 Å². The van der Waals surface area contributed by atoms with Gasteiger partial charge in [-0.05, 0) is 25.7 Å². The van der Waals surface area contributed by atoms with Crippen molar-refractivity contribution in [3.05, 3.63) is 0 Å². The zero-order chi connectivity index (χ0) is 11.0. The fourth-order valence-electron chi connectivity index (χ4n) is 1.62. The maximum Gasteiger partial charge on any atom is 0.0607 e. The summed E-state index contributed by atoms with van der Waals surface area (Å²) < 4.78 is 0. The highest BCUT2D eigenvalue weighted by atomic mass is 14.9. The molecule has 1 unspecified atom stereocenters. The lowest BCUT2D eigenvalue weighted by atomic mass is 9.94. The summed E-state index contributed by atoms with van der Waals surface area (Å²) in [6.45, 7) is 6.45. The maximum absolute atomic E-state index is 5.74. The van der Waals surface area contributed by atoms with Gasteiger partial charge in [0.1, 0.15) is 0 Å². The molecule has 14 heavy (non-hydrogen) atoms. The minimum absolute atomic E-state index is 0.475. The second kappa shape index (κ2) is 7.24. The van der Waals surface area contributed by atoms with E-state index in [-0.39, 0.29) is 0 Å². The molecular weight excluding hydrogens is 172 g/mol. The summed E-state index contributed by atoms with van der Waals surface area (Å²) in [4.78, 5) is 0. The van der Waals surface area contributed by atoms with E-state index in [0.717, 1.165) is 18.8 Å². The third kappa shape index (κ3) is 10.0. The molecule has 2 heteroatoms. The zero-order valence-corrected chi connectivity index (χ0v) is 10.2. The van der Waals surface area contributed by atoms with Crippen molar-refractivity contribution in [3.8, 4) is 0 Å². The van der Waals surface area contributed by atoms with Crippen molar-refractivity contribution >= 4 is 0 Å². The van der Waals surface area contributed by atoms with Crippen LogP contribution in [-0.4, -0.2) is 5.66 Å². The van der Waals surface area contributed by atoms with Crippen molar-refractivity contribution in [2.45, 2.75) is 71.4 Å². The molecule has 0 radical (unpaired) electrons. The van der Waals surface area contributed by atoms with E-state index in [9.17, 15) is 0 Å². The fraction of sp³-hybridized carbons (Fsp3) is 1.00. The third-order valence-corrected chi connectivity index (χ3v) is 2.73. The van der Waals surface area contributed by atoms with Crippen molar-refractivity contribution in [2.75, 3.05) is 0 Å². The molecule has 0 aromatic heterocycles. The summed E-state index contributed by atoms with van der Waals surface area (Å²) in [6.07, 6.45) is 8.86. The van der Waals surface area contributed by atoms with Crippen LogP contribution in [-0.2, 0) is 0 Å². The second-order valence-corrected chi connectivity index (χ2v) is 5.00. The van der Waals surface area contributed by atoms with Gasteiger partial charge in [-0.15, -0.1) is 0 Å². The Labute approximate surface area is 89.4 Å². The molecule has 0 spiro atoms. The maximum atomic E-state index is 5.74. The molecule has 0 saturated carbocycles. The van der Waals surface area contributed by atoms with Crippen molar-refractivity contribution in [1.29, 1.82) is 0 Å².